The average Bonchev–Trinajstić information content (AvgIpc) is 3.40. The Morgan fingerprint density at radius 3 is 2.80 bits per heavy atom. The number of piperidine rings is 1. The summed E-state index contributed by atoms with van der Waals surface area (Å²) in [5.74, 6) is -0.521. The quantitative estimate of drug-likeness (QED) is 0.646. The number of rotatable bonds is 4. The van der Waals surface area contributed by atoms with E-state index in [1.807, 2.05) is 6.07 Å². The molecule has 1 aromatic heterocycles. The van der Waals surface area contributed by atoms with E-state index >= 15 is 0 Å². The Hall–Kier alpha value is -2.75. The molecular weight excluding hydrogens is 422 g/mol. The number of carbonyl (C=O) groups excluding carboxylic acids is 2. The minimum atomic E-state index is -3.72. The van der Waals surface area contributed by atoms with E-state index in [0.717, 1.165) is 35.0 Å². The van der Waals surface area contributed by atoms with E-state index < -0.39 is 16.1 Å². The van der Waals surface area contributed by atoms with Crippen LogP contribution in [0.2, 0.25) is 0 Å². The van der Waals surface area contributed by atoms with Gasteiger partial charge in [0, 0.05) is 34.3 Å². The van der Waals surface area contributed by atoms with Crippen LogP contribution in [0, 0.1) is 0 Å². The van der Waals surface area contributed by atoms with Gasteiger partial charge in [0.25, 0.3) is 15.9 Å². The minimum Gasteiger partial charge on any atom is -0.324 e. The summed E-state index contributed by atoms with van der Waals surface area (Å²) in [6.07, 6.45) is 1.98. The van der Waals surface area contributed by atoms with E-state index in [-0.39, 0.29) is 16.0 Å². The van der Waals surface area contributed by atoms with Crippen LogP contribution in [0.4, 0.5) is 11.4 Å². The van der Waals surface area contributed by atoms with E-state index in [2.05, 4.69) is 10.6 Å². The van der Waals surface area contributed by atoms with Crippen LogP contribution < -0.4 is 10.6 Å². The first-order chi connectivity index (χ1) is 14.5. The number of anilines is 2. The molecule has 7 nitrogen and oxygen atoms in total. The highest BCUT2D eigenvalue weighted by molar-refractivity contribution is 7.91. The molecular formula is C21H19N3O4S2. The summed E-state index contributed by atoms with van der Waals surface area (Å²) >= 11 is 1.15. The highest BCUT2D eigenvalue weighted by Crippen LogP contribution is 2.37. The number of hydrogen-bond donors (Lipinski definition) is 2. The largest absolute Gasteiger partial charge is 0.324 e. The molecule has 2 N–H and O–H groups in total. The van der Waals surface area contributed by atoms with Crippen LogP contribution in [0.5, 0.6) is 0 Å². The van der Waals surface area contributed by atoms with Crippen LogP contribution >= 0.6 is 11.3 Å². The molecule has 0 radical (unpaired) electrons. The van der Waals surface area contributed by atoms with Gasteiger partial charge in [0.2, 0.25) is 5.91 Å². The Morgan fingerprint density at radius 2 is 2.00 bits per heavy atom. The van der Waals surface area contributed by atoms with Crippen molar-refractivity contribution in [2.75, 3.05) is 17.2 Å². The highest BCUT2D eigenvalue weighted by atomic mass is 32.2. The van der Waals surface area contributed by atoms with Gasteiger partial charge in [-0.15, -0.1) is 11.3 Å². The van der Waals surface area contributed by atoms with Crippen molar-refractivity contribution in [3.05, 3.63) is 53.4 Å². The second-order valence-electron chi connectivity index (χ2n) is 7.39. The lowest BCUT2D eigenvalue weighted by Gasteiger charge is -2.33. The maximum absolute atomic E-state index is 13.2. The van der Waals surface area contributed by atoms with Gasteiger partial charge in [-0.3, -0.25) is 9.59 Å². The summed E-state index contributed by atoms with van der Waals surface area (Å²) in [5, 5.41) is 8.97. The highest BCUT2D eigenvalue weighted by Gasteiger charge is 2.38. The maximum atomic E-state index is 13.2. The molecule has 3 heterocycles. The maximum Gasteiger partial charge on any atom is 0.256 e. The van der Waals surface area contributed by atoms with Crippen molar-refractivity contribution in [2.45, 2.75) is 29.5 Å². The molecule has 3 aromatic rings. The predicted molar refractivity (Wildman–Crippen MR) is 116 cm³/mol. The normalized spacial score (nSPS) is 19.1. The monoisotopic (exact) mass is 441 g/mol. The fraction of sp³-hybridized carbons (Fsp3) is 0.238. The third kappa shape index (κ3) is 3.01. The molecule has 30 heavy (non-hydrogen) atoms. The zero-order valence-electron chi connectivity index (χ0n) is 15.9. The second kappa shape index (κ2) is 7.19. The summed E-state index contributed by atoms with van der Waals surface area (Å²) in [6, 6.07) is 11.4. The lowest BCUT2D eigenvalue weighted by atomic mass is 10.0. The molecule has 2 aromatic carbocycles. The third-order valence-electron chi connectivity index (χ3n) is 5.61. The van der Waals surface area contributed by atoms with Gasteiger partial charge in [-0.25, -0.2) is 8.42 Å². The number of nitrogens with one attached hydrogen (secondary N) is 2. The summed E-state index contributed by atoms with van der Waals surface area (Å²) < 4.78 is 27.7. The van der Waals surface area contributed by atoms with E-state index in [1.54, 1.807) is 41.8 Å². The number of hydrogen-bond acceptors (Lipinski definition) is 5. The zero-order chi connectivity index (χ0) is 20.9. The van der Waals surface area contributed by atoms with Gasteiger partial charge < -0.3 is 10.6 Å². The van der Waals surface area contributed by atoms with Crippen molar-refractivity contribution in [2.24, 2.45) is 0 Å². The van der Waals surface area contributed by atoms with Gasteiger partial charge in [-0.2, -0.15) is 4.31 Å². The van der Waals surface area contributed by atoms with Crippen LogP contribution in [0.25, 0.3) is 10.8 Å². The topological polar surface area (TPSA) is 95.6 Å². The van der Waals surface area contributed by atoms with Crippen molar-refractivity contribution in [3.63, 3.8) is 0 Å². The molecule has 9 heteroatoms. The van der Waals surface area contributed by atoms with Crippen molar-refractivity contribution in [3.8, 4) is 0 Å². The van der Waals surface area contributed by atoms with Gasteiger partial charge in [0.05, 0.1) is 0 Å². The number of nitrogens with zero attached hydrogens (tertiary/aromatic N) is 1. The van der Waals surface area contributed by atoms with Crippen molar-refractivity contribution < 1.29 is 18.0 Å². The fourth-order valence-electron chi connectivity index (χ4n) is 4.20. The summed E-state index contributed by atoms with van der Waals surface area (Å²) in [6.45, 7) is 0.320. The van der Waals surface area contributed by atoms with E-state index in [9.17, 15) is 18.0 Å². The Morgan fingerprint density at radius 1 is 1.13 bits per heavy atom. The van der Waals surface area contributed by atoms with Crippen LogP contribution in [-0.4, -0.2) is 37.1 Å². The lowest BCUT2D eigenvalue weighted by Crippen LogP contribution is -2.49. The predicted octanol–water partition coefficient (Wildman–Crippen LogP) is 3.65. The summed E-state index contributed by atoms with van der Waals surface area (Å²) in [4.78, 5) is 25.3. The van der Waals surface area contributed by atoms with E-state index in [4.69, 9.17) is 0 Å². The molecule has 2 amide bonds. The zero-order valence-corrected chi connectivity index (χ0v) is 17.6. The first kappa shape index (κ1) is 19.2. The molecule has 0 aliphatic carbocycles. The Bertz CT molecular complexity index is 1270. The van der Waals surface area contributed by atoms with Gasteiger partial charge in [0.1, 0.15) is 10.3 Å². The molecule has 0 saturated carbocycles. The van der Waals surface area contributed by atoms with Crippen LogP contribution in [0.3, 0.4) is 0 Å². The van der Waals surface area contributed by atoms with E-state index in [0.29, 0.717) is 29.9 Å². The molecule has 1 unspecified atom stereocenters. The van der Waals surface area contributed by atoms with Gasteiger partial charge in [-0.05, 0) is 42.5 Å². The molecule has 0 spiro atoms. The molecule has 0 bridgehead atoms. The molecule has 1 atom stereocenters. The lowest BCUT2D eigenvalue weighted by molar-refractivity contribution is -0.120. The smallest absolute Gasteiger partial charge is 0.256 e. The Labute approximate surface area is 177 Å². The Balaban J connectivity index is 1.48. The van der Waals surface area contributed by atoms with Crippen molar-refractivity contribution in [1.29, 1.82) is 0 Å². The first-order valence-electron chi connectivity index (χ1n) is 9.70. The fourth-order valence-corrected chi connectivity index (χ4v) is 6.97. The molecule has 154 valence electrons. The first-order valence-corrected chi connectivity index (χ1v) is 12.0. The molecule has 1 saturated heterocycles. The molecule has 2 aliphatic rings. The van der Waals surface area contributed by atoms with Crippen LogP contribution in [0.1, 0.15) is 29.6 Å². The molecule has 5 rings (SSSR count). The van der Waals surface area contributed by atoms with Gasteiger partial charge in [0.15, 0.2) is 0 Å². The van der Waals surface area contributed by atoms with Crippen LogP contribution in [0.15, 0.2) is 52.1 Å². The summed E-state index contributed by atoms with van der Waals surface area (Å²) in [7, 11) is -3.72. The minimum absolute atomic E-state index is 0.167. The number of thiophene rings is 1. The van der Waals surface area contributed by atoms with Gasteiger partial charge in [-0.1, -0.05) is 24.6 Å². The number of benzene rings is 2. The van der Waals surface area contributed by atoms with Crippen molar-refractivity contribution in [1.82, 2.24) is 4.31 Å². The second-order valence-corrected chi connectivity index (χ2v) is 10.5. The number of carbonyl (C=O) groups is 2. The average molecular weight is 442 g/mol. The summed E-state index contributed by atoms with van der Waals surface area (Å²) in [5.41, 5.74) is 1.84. The molecule has 2 aliphatic heterocycles. The number of sulfonamides is 1. The van der Waals surface area contributed by atoms with Crippen LogP contribution in [-0.2, 0) is 14.8 Å². The third-order valence-corrected chi connectivity index (χ3v) is 8.89. The Kier molecular flexibility index (Phi) is 4.61. The molecule has 1 fully saturated rings. The standard InChI is InChI=1S/C21H19N3O4S2/c25-20-14-6-3-5-13-15(9-10-16(23-20)19(13)14)22-21(26)17-7-1-2-11-24(17)30(27,28)18-8-4-12-29-18/h3-6,8-10,12,17H,1-2,7,11H2,(H,22,26)(H,23,25). The SMILES string of the molecule is O=C1Nc2ccc(NC(=O)C3CCCCN3S(=O)(=O)c3cccs3)c3cccc1c23. The van der Waals surface area contributed by atoms with Gasteiger partial charge >= 0.3 is 0 Å². The van der Waals surface area contributed by atoms with E-state index in [1.165, 1.54) is 4.31 Å². The number of amides is 2. The van der Waals surface area contributed by atoms with Crippen molar-refractivity contribution >= 4 is 55.3 Å².